The van der Waals surface area contributed by atoms with Gasteiger partial charge in [-0.3, -0.25) is 0 Å². The summed E-state index contributed by atoms with van der Waals surface area (Å²) in [4.78, 5) is 2.43. The van der Waals surface area contributed by atoms with Crippen LogP contribution < -0.4 is 0 Å². The van der Waals surface area contributed by atoms with Crippen molar-refractivity contribution >= 4 is 15.9 Å². The largest absolute Gasteiger partial charge is 0.391 e. The predicted octanol–water partition coefficient (Wildman–Crippen LogP) is 1.47. The number of halogens is 1. The van der Waals surface area contributed by atoms with Gasteiger partial charge in [0.2, 0.25) is 0 Å². The Bertz CT molecular complexity index is 162. The van der Waals surface area contributed by atoms with Gasteiger partial charge < -0.3 is 10.0 Å². The Balaban J connectivity index is 1.78. The van der Waals surface area contributed by atoms with E-state index in [2.05, 4.69) is 20.8 Å². The summed E-state index contributed by atoms with van der Waals surface area (Å²) in [5.41, 5.74) is 0. The zero-order chi connectivity index (χ0) is 9.26. The van der Waals surface area contributed by atoms with Crippen LogP contribution in [0, 0.1) is 11.8 Å². The maximum atomic E-state index is 9.49. The first-order valence-electron chi connectivity index (χ1n) is 5.26. The number of likely N-dealkylation sites (tertiary alicyclic amines) is 1. The lowest BCUT2D eigenvalue weighted by Crippen LogP contribution is -2.32. The lowest BCUT2D eigenvalue weighted by molar-refractivity contribution is 0.140. The van der Waals surface area contributed by atoms with E-state index in [9.17, 15) is 5.11 Å². The van der Waals surface area contributed by atoms with E-state index < -0.39 is 0 Å². The Morgan fingerprint density at radius 3 is 2.46 bits per heavy atom. The molecule has 0 aromatic rings. The van der Waals surface area contributed by atoms with E-state index in [4.69, 9.17) is 0 Å². The number of fused-ring (bicyclic) bond motifs is 1. The van der Waals surface area contributed by atoms with Crippen LogP contribution >= 0.6 is 15.9 Å². The molecule has 0 aromatic heterocycles. The summed E-state index contributed by atoms with van der Waals surface area (Å²) in [6, 6.07) is 0. The first kappa shape index (κ1) is 9.94. The third kappa shape index (κ3) is 2.25. The van der Waals surface area contributed by atoms with Crippen LogP contribution in [0.25, 0.3) is 0 Å². The third-order valence-electron chi connectivity index (χ3n) is 3.45. The molecule has 0 bridgehead atoms. The molecular formula is C10H18BrNO. The number of aliphatic hydroxyl groups is 1. The van der Waals surface area contributed by atoms with Crippen molar-refractivity contribution in [3.05, 3.63) is 0 Å². The lowest BCUT2D eigenvalue weighted by atomic mass is 10.0. The van der Waals surface area contributed by atoms with E-state index in [1.165, 1.54) is 32.4 Å². The maximum absolute atomic E-state index is 9.49. The third-order valence-corrected chi connectivity index (χ3v) is 4.20. The molecule has 2 fully saturated rings. The maximum Gasteiger partial charge on any atom is 0.0763 e. The number of rotatable bonds is 3. The summed E-state index contributed by atoms with van der Waals surface area (Å²) < 4.78 is 0. The van der Waals surface area contributed by atoms with Gasteiger partial charge in [-0.1, -0.05) is 22.4 Å². The molecule has 0 aromatic carbocycles. The standard InChI is InChI=1S/C10H18BrNO/c11-4-10(13)7-12-5-8-2-1-3-9(8)6-12/h8-10,13H,1-7H2. The van der Waals surface area contributed by atoms with E-state index in [1.807, 2.05) is 0 Å². The van der Waals surface area contributed by atoms with Gasteiger partial charge in [-0.15, -0.1) is 0 Å². The molecule has 2 nitrogen and oxygen atoms in total. The van der Waals surface area contributed by atoms with Gasteiger partial charge in [0, 0.05) is 25.0 Å². The topological polar surface area (TPSA) is 23.5 Å². The van der Waals surface area contributed by atoms with Crippen molar-refractivity contribution in [2.75, 3.05) is 25.0 Å². The first-order valence-corrected chi connectivity index (χ1v) is 6.38. The molecule has 2 aliphatic rings. The second-order valence-electron chi connectivity index (χ2n) is 4.48. The van der Waals surface area contributed by atoms with Gasteiger partial charge in [0.05, 0.1) is 6.10 Å². The van der Waals surface area contributed by atoms with Gasteiger partial charge >= 0.3 is 0 Å². The summed E-state index contributed by atoms with van der Waals surface area (Å²) in [6.45, 7) is 3.32. The highest BCUT2D eigenvalue weighted by molar-refractivity contribution is 9.09. The predicted molar refractivity (Wildman–Crippen MR) is 57.1 cm³/mol. The van der Waals surface area contributed by atoms with Crippen molar-refractivity contribution in [2.45, 2.75) is 25.4 Å². The van der Waals surface area contributed by atoms with Crippen molar-refractivity contribution in [1.82, 2.24) is 4.90 Å². The van der Waals surface area contributed by atoms with Crippen LogP contribution in [0.5, 0.6) is 0 Å². The molecule has 3 heteroatoms. The van der Waals surface area contributed by atoms with E-state index in [0.717, 1.165) is 18.4 Å². The van der Waals surface area contributed by atoms with Crippen LogP contribution in [0.3, 0.4) is 0 Å². The molecule has 3 atom stereocenters. The van der Waals surface area contributed by atoms with E-state index >= 15 is 0 Å². The normalized spacial score (nSPS) is 36.5. The van der Waals surface area contributed by atoms with Crippen LogP contribution in [0.15, 0.2) is 0 Å². The number of hydrogen-bond donors (Lipinski definition) is 1. The van der Waals surface area contributed by atoms with Crippen LogP contribution in [0.2, 0.25) is 0 Å². The molecule has 1 saturated carbocycles. The molecule has 1 heterocycles. The summed E-state index contributed by atoms with van der Waals surface area (Å²) in [5, 5.41) is 10.2. The molecule has 1 saturated heterocycles. The van der Waals surface area contributed by atoms with E-state index in [-0.39, 0.29) is 6.10 Å². The van der Waals surface area contributed by atoms with Gasteiger partial charge in [0.25, 0.3) is 0 Å². The van der Waals surface area contributed by atoms with Crippen molar-refractivity contribution in [2.24, 2.45) is 11.8 Å². The van der Waals surface area contributed by atoms with Gasteiger partial charge in [-0.25, -0.2) is 0 Å². The highest BCUT2D eigenvalue weighted by Gasteiger charge is 2.36. The molecule has 76 valence electrons. The number of alkyl halides is 1. The minimum atomic E-state index is -0.182. The fourth-order valence-electron chi connectivity index (χ4n) is 2.83. The van der Waals surface area contributed by atoms with Crippen molar-refractivity contribution < 1.29 is 5.11 Å². The average Bonchev–Trinajstić information content (AvgIpc) is 2.63. The zero-order valence-electron chi connectivity index (χ0n) is 7.95. The van der Waals surface area contributed by atoms with Gasteiger partial charge in [-0.2, -0.15) is 0 Å². The van der Waals surface area contributed by atoms with Crippen molar-refractivity contribution in [3.63, 3.8) is 0 Å². The number of β-amino-alcohol motifs (C(OH)–C–C–N with tert-alkyl or cyclic N) is 1. The van der Waals surface area contributed by atoms with Gasteiger partial charge in [0.1, 0.15) is 0 Å². The average molecular weight is 248 g/mol. The molecule has 0 radical (unpaired) electrons. The molecule has 0 amide bonds. The Labute approximate surface area is 88.4 Å². The van der Waals surface area contributed by atoms with Crippen LogP contribution in [0.1, 0.15) is 19.3 Å². The summed E-state index contributed by atoms with van der Waals surface area (Å²) in [7, 11) is 0. The molecule has 3 unspecified atom stereocenters. The Morgan fingerprint density at radius 2 is 1.92 bits per heavy atom. The number of aliphatic hydroxyl groups excluding tert-OH is 1. The molecular weight excluding hydrogens is 230 g/mol. The number of nitrogens with zero attached hydrogens (tertiary/aromatic N) is 1. The van der Waals surface area contributed by atoms with Crippen LogP contribution in [-0.2, 0) is 0 Å². The second kappa shape index (κ2) is 4.28. The lowest BCUT2D eigenvalue weighted by Gasteiger charge is -2.19. The summed E-state index contributed by atoms with van der Waals surface area (Å²) >= 11 is 3.31. The Hall–Kier alpha value is 0.400. The Kier molecular flexibility index (Phi) is 3.27. The SMILES string of the molecule is OC(CBr)CN1CC2CCCC2C1. The zero-order valence-corrected chi connectivity index (χ0v) is 9.54. The Morgan fingerprint density at radius 1 is 1.31 bits per heavy atom. The smallest absolute Gasteiger partial charge is 0.0763 e. The fraction of sp³-hybridized carbons (Fsp3) is 1.00. The molecule has 2 rings (SSSR count). The molecule has 13 heavy (non-hydrogen) atoms. The minimum Gasteiger partial charge on any atom is -0.391 e. The van der Waals surface area contributed by atoms with Crippen LogP contribution in [-0.4, -0.2) is 41.1 Å². The van der Waals surface area contributed by atoms with Crippen molar-refractivity contribution in [1.29, 1.82) is 0 Å². The highest BCUT2D eigenvalue weighted by atomic mass is 79.9. The molecule has 1 aliphatic carbocycles. The highest BCUT2D eigenvalue weighted by Crippen LogP contribution is 2.37. The first-order chi connectivity index (χ1) is 6.29. The second-order valence-corrected chi connectivity index (χ2v) is 5.13. The number of hydrogen-bond acceptors (Lipinski definition) is 2. The minimum absolute atomic E-state index is 0.182. The van der Waals surface area contributed by atoms with Crippen LogP contribution in [0.4, 0.5) is 0 Å². The molecule has 1 N–H and O–H groups in total. The van der Waals surface area contributed by atoms with E-state index in [0.29, 0.717) is 5.33 Å². The van der Waals surface area contributed by atoms with Gasteiger partial charge in [0.15, 0.2) is 0 Å². The molecule has 0 spiro atoms. The summed E-state index contributed by atoms with van der Waals surface area (Å²) in [6.07, 6.45) is 4.10. The fourth-order valence-corrected chi connectivity index (χ4v) is 3.03. The monoisotopic (exact) mass is 247 g/mol. The van der Waals surface area contributed by atoms with Gasteiger partial charge in [-0.05, 0) is 24.7 Å². The quantitative estimate of drug-likeness (QED) is 0.764. The molecule has 1 aliphatic heterocycles. The van der Waals surface area contributed by atoms with Crippen molar-refractivity contribution in [3.8, 4) is 0 Å². The van der Waals surface area contributed by atoms with E-state index in [1.54, 1.807) is 0 Å². The summed E-state index contributed by atoms with van der Waals surface area (Å²) in [5.74, 6) is 1.89.